The van der Waals surface area contributed by atoms with Crippen LogP contribution < -0.4 is 26.6 Å². The predicted molar refractivity (Wildman–Crippen MR) is 135 cm³/mol. The van der Waals surface area contributed by atoms with Gasteiger partial charge in [-0.15, -0.1) is 0 Å². The molecule has 36 heavy (non-hydrogen) atoms. The highest BCUT2D eigenvalue weighted by Crippen LogP contribution is 2.21. The molecule has 0 radical (unpaired) electrons. The van der Waals surface area contributed by atoms with Gasteiger partial charge in [0.05, 0.1) is 24.3 Å². The molecule has 0 bridgehead atoms. The quantitative estimate of drug-likeness (QED) is 0.408. The van der Waals surface area contributed by atoms with Crippen LogP contribution >= 0.6 is 0 Å². The first-order chi connectivity index (χ1) is 17.1. The minimum absolute atomic E-state index is 0.00997. The number of nitrogens with two attached hydrogens (primary N) is 1. The lowest BCUT2D eigenvalue weighted by molar-refractivity contribution is -0.118. The summed E-state index contributed by atoms with van der Waals surface area (Å²) in [5.74, 6) is 1.03. The van der Waals surface area contributed by atoms with Crippen LogP contribution in [0.3, 0.4) is 0 Å². The van der Waals surface area contributed by atoms with Gasteiger partial charge in [-0.3, -0.25) is 19.1 Å². The number of H-pyrrole nitrogens is 1. The Morgan fingerprint density at radius 3 is 2.50 bits per heavy atom. The normalized spacial score (nSPS) is 11.2. The number of anilines is 2. The van der Waals surface area contributed by atoms with Gasteiger partial charge in [-0.2, -0.15) is 0 Å². The number of rotatable bonds is 11. The van der Waals surface area contributed by atoms with E-state index in [2.05, 4.69) is 10.1 Å². The van der Waals surface area contributed by atoms with Crippen molar-refractivity contribution in [2.75, 3.05) is 30.9 Å². The molecule has 0 aliphatic heterocycles. The zero-order valence-electron chi connectivity index (χ0n) is 21.3. The number of methoxy groups -OCH3 is 1. The molecular formula is C25H33N5O6. The topological polar surface area (TPSA) is 146 Å². The summed E-state index contributed by atoms with van der Waals surface area (Å²) in [6, 6.07) is 7.10. The van der Waals surface area contributed by atoms with Crippen LogP contribution in [0.5, 0.6) is 5.75 Å². The number of ether oxygens (including phenoxy) is 2. The summed E-state index contributed by atoms with van der Waals surface area (Å²) in [7, 11) is 1.50. The van der Waals surface area contributed by atoms with Crippen LogP contribution in [0.2, 0.25) is 0 Å². The minimum atomic E-state index is -0.718. The average molecular weight is 500 g/mol. The summed E-state index contributed by atoms with van der Waals surface area (Å²) in [6.45, 7) is 8.43. The van der Waals surface area contributed by atoms with Crippen molar-refractivity contribution in [2.45, 2.75) is 47.3 Å². The van der Waals surface area contributed by atoms with E-state index in [-0.39, 0.29) is 42.9 Å². The van der Waals surface area contributed by atoms with E-state index in [1.54, 1.807) is 24.3 Å². The van der Waals surface area contributed by atoms with Crippen LogP contribution in [0.25, 0.3) is 0 Å². The monoisotopic (exact) mass is 499 g/mol. The molecule has 1 amide bonds. The van der Waals surface area contributed by atoms with Gasteiger partial charge in [-0.1, -0.05) is 31.1 Å². The zero-order chi connectivity index (χ0) is 26.4. The van der Waals surface area contributed by atoms with Crippen molar-refractivity contribution in [3.63, 3.8) is 0 Å². The molecule has 0 saturated heterocycles. The van der Waals surface area contributed by atoms with Gasteiger partial charge in [0.1, 0.15) is 23.9 Å². The highest BCUT2D eigenvalue weighted by Gasteiger charge is 2.24. The third kappa shape index (κ3) is 6.22. The molecule has 11 heteroatoms. The van der Waals surface area contributed by atoms with Crippen molar-refractivity contribution < 1.29 is 18.8 Å². The summed E-state index contributed by atoms with van der Waals surface area (Å²) in [4.78, 5) is 41.9. The van der Waals surface area contributed by atoms with Crippen LogP contribution in [0.4, 0.5) is 11.5 Å². The van der Waals surface area contributed by atoms with Crippen molar-refractivity contribution in [3.8, 4) is 5.75 Å². The Hall–Kier alpha value is -3.86. The van der Waals surface area contributed by atoms with E-state index >= 15 is 0 Å². The lowest BCUT2D eigenvalue weighted by atomic mass is 10.1. The molecule has 2 heterocycles. The van der Waals surface area contributed by atoms with Crippen LogP contribution in [-0.2, 0) is 29.1 Å². The highest BCUT2D eigenvalue weighted by molar-refractivity contribution is 5.96. The van der Waals surface area contributed by atoms with Gasteiger partial charge in [0.2, 0.25) is 5.91 Å². The summed E-state index contributed by atoms with van der Waals surface area (Å²) < 4.78 is 17.4. The van der Waals surface area contributed by atoms with E-state index in [0.717, 1.165) is 16.8 Å². The zero-order valence-corrected chi connectivity index (χ0v) is 21.3. The molecule has 194 valence electrons. The summed E-state index contributed by atoms with van der Waals surface area (Å²) in [5.41, 5.74) is 7.24. The first kappa shape index (κ1) is 26.7. The maximum Gasteiger partial charge on any atom is 0.330 e. The van der Waals surface area contributed by atoms with Gasteiger partial charge in [0.25, 0.3) is 5.56 Å². The van der Waals surface area contributed by atoms with Crippen molar-refractivity contribution in [1.82, 2.24) is 14.7 Å². The van der Waals surface area contributed by atoms with E-state index in [0.29, 0.717) is 24.7 Å². The van der Waals surface area contributed by atoms with Crippen molar-refractivity contribution in [3.05, 3.63) is 67.7 Å². The minimum Gasteiger partial charge on any atom is -0.489 e. The second-order valence-corrected chi connectivity index (χ2v) is 8.95. The number of benzene rings is 1. The maximum atomic E-state index is 13.3. The number of hydrogen-bond acceptors (Lipinski definition) is 8. The van der Waals surface area contributed by atoms with Crippen LogP contribution in [0.15, 0.2) is 38.4 Å². The van der Waals surface area contributed by atoms with Gasteiger partial charge >= 0.3 is 5.69 Å². The number of nitrogens with one attached hydrogen (secondary N) is 1. The second-order valence-electron chi connectivity index (χ2n) is 8.95. The Bertz CT molecular complexity index is 1290. The smallest absolute Gasteiger partial charge is 0.330 e. The number of amides is 1. The number of nitrogens with zero attached hydrogens (tertiary/aromatic N) is 3. The van der Waals surface area contributed by atoms with Gasteiger partial charge in [-0.05, 0) is 37.5 Å². The number of carbonyl (C=O) groups is 1. The number of aryl methyl sites for hydroxylation is 2. The number of hydrogen-bond donors (Lipinski definition) is 2. The fourth-order valence-electron chi connectivity index (χ4n) is 3.77. The Kier molecular flexibility index (Phi) is 8.70. The van der Waals surface area contributed by atoms with E-state index in [9.17, 15) is 14.4 Å². The molecule has 1 aromatic carbocycles. The van der Waals surface area contributed by atoms with Crippen LogP contribution in [0.1, 0.15) is 36.4 Å². The fourth-order valence-corrected chi connectivity index (χ4v) is 3.77. The lowest BCUT2D eigenvalue weighted by Crippen LogP contribution is -2.43. The molecule has 3 N–H and O–H groups in total. The third-order valence-electron chi connectivity index (χ3n) is 5.69. The molecule has 3 aromatic rings. The predicted octanol–water partition coefficient (Wildman–Crippen LogP) is 2.18. The van der Waals surface area contributed by atoms with Crippen molar-refractivity contribution in [2.24, 2.45) is 5.92 Å². The first-order valence-electron chi connectivity index (χ1n) is 11.7. The number of carbonyl (C=O) groups excluding carboxylic acids is 1. The molecule has 3 rings (SSSR count). The van der Waals surface area contributed by atoms with Crippen molar-refractivity contribution in [1.29, 1.82) is 0 Å². The van der Waals surface area contributed by atoms with E-state index < -0.39 is 11.2 Å². The van der Waals surface area contributed by atoms with Crippen LogP contribution in [-0.4, -0.2) is 40.9 Å². The maximum absolute atomic E-state index is 13.3. The van der Waals surface area contributed by atoms with Crippen molar-refractivity contribution >= 4 is 17.4 Å². The van der Waals surface area contributed by atoms with E-state index in [1.165, 1.54) is 16.6 Å². The molecular weight excluding hydrogens is 466 g/mol. The number of aromatic nitrogens is 3. The van der Waals surface area contributed by atoms with Gasteiger partial charge < -0.3 is 24.6 Å². The van der Waals surface area contributed by atoms with E-state index in [1.807, 2.05) is 27.7 Å². The SMILES string of the molecule is COCCN(C(=O)Cc1ccc(OCc2c(C)noc2C)cc1)c1c(N)n(CC(C)C)c(=O)[nH]c1=O. The standard InChI is InChI=1S/C25H33N5O6/c1-15(2)13-30-23(26)22(24(32)27-25(30)33)29(10-11-34-5)21(31)12-18-6-8-19(9-7-18)35-14-20-16(3)28-36-17(20)4/h6-9,15H,10-14,26H2,1-5H3,(H,27,32,33). The van der Waals surface area contributed by atoms with Gasteiger partial charge in [-0.25, -0.2) is 4.79 Å². The number of aromatic amines is 1. The Morgan fingerprint density at radius 2 is 1.92 bits per heavy atom. The lowest BCUT2D eigenvalue weighted by Gasteiger charge is -2.25. The molecule has 11 nitrogen and oxygen atoms in total. The molecule has 2 aromatic heterocycles. The largest absolute Gasteiger partial charge is 0.489 e. The molecule has 0 aliphatic carbocycles. The average Bonchev–Trinajstić information content (AvgIpc) is 3.15. The number of nitrogen functional groups attached to an aromatic ring is 1. The molecule has 0 saturated carbocycles. The Morgan fingerprint density at radius 1 is 1.22 bits per heavy atom. The van der Waals surface area contributed by atoms with Gasteiger partial charge in [0, 0.05) is 20.2 Å². The second kappa shape index (κ2) is 11.7. The molecule has 0 unspecified atom stereocenters. The Labute approximate surface area is 208 Å². The van der Waals surface area contributed by atoms with Crippen LogP contribution in [0, 0.1) is 19.8 Å². The highest BCUT2D eigenvalue weighted by atomic mass is 16.5. The summed E-state index contributed by atoms with van der Waals surface area (Å²) in [6.07, 6.45) is 0.00997. The fraction of sp³-hybridized carbons (Fsp3) is 0.440. The molecule has 0 atom stereocenters. The Balaban J connectivity index is 1.80. The summed E-state index contributed by atoms with van der Waals surface area (Å²) >= 11 is 0. The summed E-state index contributed by atoms with van der Waals surface area (Å²) in [5, 5.41) is 3.92. The molecule has 0 spiro atoms. The van der Waals surface area contributed by atoms with Gasteiger partial charge in [0.15, 0.2) is 5.69 Å². The first-order valence-corrected chi connectivity index (χ1v) is 11.7. The molecule has 0 fully saturated rings. The van der Waals surface area contributed by atoms with E-state index in [4.69, 9.17) is 19.7 Å². The third-order valence-corrected chi connectivity index (χ3v) is 5.69. The molecule has 0 aliphatic rings.